The second-order valence-electron chi connectivity index (χ2n) is 4.68. The van der Waals surface area contributed by atoms with Crippen molar-refractivity contribution >= 4 is 11.7 Å². The lowest BCUT2D eigenvalue weighted by atomic mass is 10.2. The molecule has 0 saturated heterocycles. The Kier molecular flexibility index (Phi) is 4.15. The summed E-state index contributed by atoms with van der Waals surface area (Å²) in [6.45, 7) is 5.91. The fourth-order valence-electron chi connectivity index (χ4n) is 1.50. The molecular formula is C12H22N4O. The molecule has 0 fully saturated rings. The largest absolute Gasteiger partial charge is 0.346 e. The topological polar surface area (TPSA) is 41.4 Å². The van der Waals surface area contributed by atoms with Gasteiger partial charge in [-0.15, -0.1) is 0 Å². The molecule has 1 aromatic heterocycles. The molecular weight excluding hydrogens is 216 g/mol. The van der Waals surface area contributed by atoms with Gasteiger partial charge in [0.2, 0.25) is 5.91 Å². The Hall–Kier alpha value is -1.52. The SMILES string of the molecule is CC(C)N(C)C(=O)C(C)N(C)c1ccn(C)n1. The normalized spacial score (nSPS) is 12.6. The standard InChI is InChI=1S/C12H22N4O/c1-9(2)15(5)12(17)10(3)16(6)11-7-8-14(4)13-11/h7-10H,1-6H3. The third-order valence-corrected chi connectivity index (χ3v) is 3.12. The van der Waals surface area contributed by atoms with Gasteiger partial charge in [-0.2, -0.15) is 5.10 Å². The number of likely N-dealkylation sites (N-methyl/N-ethyl adjacent to an activating group) is 2. The molecule has 0 aliphatic heterocycles. The second kappa shape index (κ2) is 5.21. The minimum Gasteiger partial charge on any atom is -0.346 e. The van der Waals surface area contributed by atoms with Crippen LogP contribution in [0.15, 0.2) is 12.3 Å². The van der Waals surface area contributed by atoms with Gasteiger partial charge in [0.15, 0.2) is 5.82 Å². The Morgan fingerprint density at radius 2 is 1.94 bits per heavy atom. The minimum absolute atomic E-state index is 0.105. The monoisotopic (exact) mass is 238 g/mol. The van der Waals surface area contributed by atoms with Crippen LogP contribution >= 0.6 is 0 Å². The third-order valence-electron chi connectivity index (χ3n) is 3.12. The Balaban J connectivity index is 2.76. The first kappa shape index (κ1) is 13.5. The lowest BCUT2D eigenvalue weighted by molar-refractivity contribution is -0.132. The number of aromatic nitrogens is 2. The van der Waals surface area contributed by atoms with E-state index < -0.39 is 0 Å². The highest BCUT2D eigenvalue weighted by molar-refractivity contribution is 5.84. The van der Waals surface area contributed by atoms with Crippen molar-refractivity contribution in [3.8, 4) is 0 Å². The molecule has 0 aliphatic carbocycles. The van der Waals surface area contributed by atoms with E-state index in [9.17, 15) is 4.79 Å². The smallest absolute Gasteiger partial charge is 0.244 e. The molecule has 1 unspecified atom stereocenters. The molecule has 5 heteroatoms. The summed E-state index contributed by atoms with van der Waals surface area (Å²) in [7, 11) is 5.58. The number of anilines is 1. The van der Waals surface area contributed by atoms with E-state index in [1.54, 1.807) is 9.58 Å². The number of carbonyl (C=O) groups is 1. The van der Waals surface area contributed by atoms with Gasteiger partial charge in [0, 0.05) is 39.4 Å². The Labute approximate surface area is 103 Å². The summed E-state index contributed by atoms with van der Waals surface area (Å²) in [4.78, 5) is 15.8. The van der Waals surface area contributed by atoms with E-state index in [0.29, 0.717) is 0 Å². The van der Waals surface area contributed by atoms with Gasteiger partial charge in [0.05, 0.1) is 0 Å². The number of hydrogen-bond donors (Lipinski definition) is 0. The van der Waals surface area contributed by atoms with Crippen LogP contribution in [0.2, 0.25) is 0 Å². The summed E-state index contributed by atoms with van der Waals surface area (Å²) in [6, 6.07) is 1.90. The maximum Gasteiger partial charge on any atom is 0.244 e. The minimum atomic E-state index is -0.211. The molecule has 1 heterocycles. The maximum absolute atomic E-state index is 12.2. The van der Waals surface area contributed by atoms with Crippen molar-refractivity contribution in [2.45, 2.75) is 32.9 Å². The van der Waals surface area contributed by atoms with E-state index >= 15 is 0 Å². The Morgan fingerprint density at radius 3 is 2.35 bits per heavy atom. The van der Waals surface area contributed by atoms with E-state index in [0.717, 1.165) is 5.82 Å². The van der Waals surface area contributed by atoms with E-state index in [2.05, 4.69) is 5.10 Å². The predicted molar refractivity (Wildman–Crippen MR) is 69.0 cm³/mol. The molecule has 0 radical (unpaired) electrons. The summed E-state index contributed by atoms with van der Waals surface area (Å²) in [5.74, 6) is 0.915. The first-order chi connectivity index (χ1) is 7.84. The van der Waals surface area contributed by atoms with Crippen LogP contribution in [-0.4, -0.2) is 46.8 Å². The third kappa shape index (κ3) is 2.99. The Bertz CT molecular complexity index is 386. The number of rotatable bonds is 4. The number of aryl methyl sites for hydroxylation is 1. The highest BCUT2D eigenvalue weighted by Crippen LogP contribution is 2.13. The van der Waals surface area contributed by atoms with Crippen molar-refractivity contribution in [1.29, 1.82) is 0 Å². The summed E-state index contributed by atoms with van der Waals surface area (Å²) < 4.78 is 1.73. The highest BCUT2D eigenvalue weighted by atomic mass is 16.2. The van der Waals surface area contributed by atoms with E-state index in [-0.39, 0.29) is 18.0 Å². The van der Waals surface area contributed by atoms with Crippen molar-refractivity contribution in [2.75, 3.05) is 19.0 Å². The van der Waals surface area contributed by atoms with Gasteiger partial charge in [-0.05, 0) is 20.8 Å². The molecule has 5 nitrogen and oxygen atoms in total. The van der Waals surface area contributed by atoms with Crippen LogP contribution < -0.4 is 4.90 Å². The summed E-state index contributed by atoms with van der Waals surface area (Å²) in [5, 5.41) is 4.29. The fraction of sp³-hybridized carbons (Fsp3) is 0.667. The van der Waals surface area contributed by atoms with Crippen molar-refractivity contribution < 1.29 is 4.79 Å². The highest BCUT2D eigenvalue weighted by Gasteiger charge is 2.24. The molecule has 1 rings (SSSR count). The van der Waals surface area contributed by atoms with Gasteiger partial charge in [0.1, 0.15) is 6.04 Å². The zero-order valence-electron chi connectivity index (χ0n) is 11.5. The molecule has 0 saturated carbocycles. The van der Waals surface area contributed by atoms with Crippen LogP contribution in [-0.2, 0) is 11.8 Å². The zero-order valence-corrected chi connectivity index (χ0v) is 11.5. The van der Waals surface area contributed by atoms with Crippen molar-refractivity contribution in [3.63, 3.8) is 0 Å². The van der Waals surface area contributed by atoms with E-state index in [4.69, 9.17) is 0 Å². The molecule has 1 atom stereocenters. The number of amides is 1. The molecule has 0 N–H and O–H groups in total. The lowest BCUT2D eigenvalue weighted by Gasteiger charge is -2.30. The summed E-state index contributed by atoms with van der Waals surface area (Å²) in [5.41, 5.74) is 0. The lowest BCUT2D eigenvalue weighted by Crippen LogP contribution is -2.46. The fourth-order valence-corrected chi connectivity index (χ4v) is 1.50. The molecule has 0 aromatic carbocycles. The van der Waals surface area contributed by atoms with Crippen LogP contribution in [0.25, 0.3) is 0 Å². The van der Waals surface area contributed by atoms with Crippen LogP contribution in [0.3, 0.4) is 0 Å². The number of nitrogens with zero attached hydrogens (tertiary/aromatic N) is 4. The van der Waals surface area contributed by atoms with Gasteiger partial charge in [-0.25, -0.2) is 0 Å². The average Bonchev–Trinajstić information content (AvgIpc) is 2.71. The van der Waals surface area contributed by atoms with Crippen LogP contribution in [0.4, 0.5) is 5.82 Å². The first-order valence-electron chi connectivity index (χ1n) is 5.83. The maximum atomic E-state index is 12.2. The molecule has 0 spiro atoms. The average molecular weight is 238 g/mol. The van der Waals surface area contributed by atoms with Crippen LogP contribution in [0, 0.1) is 0 Å². The molecule has 0 aliphatic rings. The Morgan fingerprint density at radius 1 is 1.35 bits per heavy atom. The van der Waals surface area contributed by atoms with Gasteiger partial charge in [0.25, 0.3) is 0 Å². The van der Waals surface area contributed by atoms with Gasteiger partial charge in [-0.3, -0.25) is 9.48 Å². The quantitative estimate of drug-likeness (QED) is 0.789. The molecule has 1 aromatic rings. The van der Waals surface area contributed by atoms with Crippen molar-refractivity contribution in [1.82, 2.24) is 14.7 Å². The number of carbonyl (C=O) groups excluding carboxylic acids is 1. The summed E-state index contributed by atoms with van der Waals surface area (Å²) >= 11 is 0. The van der Waals surface area contributed by atoms with Crippen LogP contribution in [0.5, 0.6) is 0 Å². The van der Waals surface area contributed by atoms with Gasteiger partial charge >= 0.3 is 0 Å². The molecule has 1 amide bonds. The number of hydrogen-bond acceptors (Lipinski definition) is 3. The molecule has 96 valence electrons. The van der Waals surface area contributed by atoms with E-state index in [1.165, 1.54) is 0 Å². The first-order valence-corrected chi connectivity index (χ1v) is 5.83. The van der Waals surface area contributed by atoms with Crippen molar-refractivity contribution in [3.05, 3.63) is 12.3 Å². The van der Waals surface area contributed by atoms with Gasteiger partial charge < -0.3 is 9.80 Å². The molecule has 17 heavy (non-hydrogen) atoms. The predicted octanol–water partition coefficient (Wildman–Crippen LogP) is 1.11. The molecule has 0 bridgehead atoms. The van der Waals surface area contributed by atoms with Crippen molar-refractivity contribution in [2.24, 2.45) is 7.05 Å². The zero-order chi connectivity index (χ0) is 13.2. The van der Waals surface area contributed by atoms with Crippen LogP contribution in [0.1, 0.15) is 20.8 Å². The summed E-state index contributed by atoms with van der Waals surface area (Å²) in [6.07, 6.45) is 1.87. The van der Waals surface area contributed by atoms with E-state index in [1.807, 2.05) is 59.1 Å². The second-order valence-corrected chi connectivity index (χ2v) is 4.68. The van der Waals surface area contributed by atoms with Gasteiger partial charge in [-0.1, -0.05) is 0 Å².